The number of nitrogens with one attached hydrogen (secondary N) is 2. The summed E-state index contributed by atoms with van der Waals surface area (Å²) in [6.45, 7) is 0.740. The summed E-state index contributed by atoms with van der Waals surface area (Å²) in [7, 11) is 1.79. The first-order chi connectivity index (χ1) is 13.2. The first-order valence-corrected chi connectivity index (χ1v) is 9.37. The van der Waals surface area contributed by atoms with Crippen molar-refractivity contribution in [3.63, 3.8) is 0 Å². The molecule has 1 aromatic carbocycles. The van der Waals surface area contributed by atoms with Crippen LogP contribution in [0.25, 0.3) is 0 Å². The Kier molecular flexibility index (Phi) is 6.12. The number of benzene rings is 1. The smallest absolute Gasteiger partial charge is 0.353 e. The molecule has 1 aliphatic carbocycles. The van der Waals surface area contributed by atoms with E-state index in [9.17, 15) is 18.0 Å². The van der Waals surface area contributed by atoms with Crippen LogP contribution < -0.4 is 10.6 Å². The summed E-state index contributed by atoms with van der Waals surface area (Å²) in [5.41, 5.74) is -1.04. The van der Waals surface area contributed by atoms with Crippen LogP contribution in [0.1, 0.15) is 41.6 Å². The number of hydrogen-bond acceptors (Lipinski definition) is 4. The zero-order valence-electron chi connectivity index (χ0n) is 15.3. The standard InChI is InChI=1S/C18H21ClF3N5O/c1-27-10-24-17(26-27)23-9-11-2-5-13(6-3-11)25-16(28)14-8-12(18(20,21)22)4-7-15(14)19/h4,7-8,10-11,13H,2-3,5-6,9H2,1H3,(H,23,26)(H,25,28). The van der Waals surface area contributed by atoms with Crippen molar-refractivity contribution in [3.05, 3.63) is 40.7 Å². The molecule has 3 rings (SSSR count). The molecule has 0 aliphatic heterocycles. The van der Waals surface area contributed by atoms with Gasteiger partial charge in [-0.2, -0.15) is 13.2 Å². The average molecular weight is 416 g/mol. The predicted octanol–water partition coefficient (Wildman–Crippen LogP) is 3.89. The van der Waals surface area contributed by atoms with E-state index in [0.717, 1.165) is 50.4 Å². The van der Waals surface area contributed by atoms with Crippen LogP contribution in [0.5, 0.6) is 0 Å². The number of rotatable bonds is 5. The minimum atomic E-state index is -4.52. The minimum Gasteiger partial charge on any atom is -0.353 e. The molecule has 0 bridgehead atoms. The van der Waals surface area contributed by atoms with E-state index in [0.29, 0.717) is 11.9 Å². The van der Waals surface area contributed by atoms with Crippen molar-refractivity contribution < 1.29 is 18.0 Å². The second-order valence-corrected chi connectivity index (χ2v) is 7.41. The maximum absolute atomic E-state index is 12.9. The van der Waals surface area contributed by atoms with Gasteiger partial charge in [-0.3, -0.25) is 9.48 Å². The molecule has 152 valence electrons. The lowest BCUT2D eigenvalue weighted by atomic mass is 9.86. The Morgan fingerprint density at radius 1 is 1.29 bits per heavy atom. The molecule has 6 nitrogen and oxygen atoms in total. The third-order valence-electron chi connectivity index (χ3n) is 4.87. The molecule has 0 unspecified atom stereocenters. The summed E-state index contributed by atoms with van der Waals surface area (Å²) in [6.07, 6.45) is 0.387. The van der Waals surface area contributed by atoms with Gasteiger partial charge in [0.15, 0.2) is 0 Å². The Balaban J connectivity index is 1.51. The zero-order chi connectivity index (χ0) is 20.3. The van der Waals surface area contributed by atoms with Crippen LogP contribution in [0.3, 0.4) is 0 Å². The van der Waals surface area contributed by atoms with Crippen LogP contribution in [0.15, 0.2) is 24.5 Å². The molecular weight excluding hydrogens is 395 g/mol. The van der Waals surface area contributed by atoms with Gasteiger partial charge >= 0.3 is 6.18 Å². The van der Waals surface area contributed by atoms with Crippen molar-refractivity contribution >= 4 is 23.5 Å². The molecule has 1 saturated carbocycles. The third-order valence-corrected chi connectivity index (χ3v) is 5.20. The molecule has 0 saturated heterocycles. The highest BCUT2D eigenvalue weighted by molar-refractivity contribution is 6.33. The van der Waals surface area contributed by atoms with Crippen LogP contribution in [0.2, 0.25) is 5.02 Å². The van der Waals surface area contributed by atoms with Crippen LogP contribution in [0, 0.1) is 5.92 Å². The number of nitrogens with zero attached hydrogens (tertiary/aromatic N) is 3. The third kappa shape index (κ3) is 5.15. The largest absolute Gasteiger partial charge is 0.416 e. The van der Waals surface area contributed by atoms with Crippen LogP contribution >= 0.6 is 11.6 Å². The number of alkyl halides is 3. The summed E-state index contributed by atoms with van der Waals surface area (Å²) in [4.78, 5) is 16.5. The number of carbonyl (C=O) groups is 1. The lowest BCUT2D eigenvalue weighted by molar-refractivity contribution is -0.137. The lowest BCUT2D eigenvalue weighted by Gasteiger charge is -2.29. The van der Waals surface area contributed by atoms with E-state index >= 15 is 0 Å². The molecule has 1 aromatic heterocycles. The van der Waals surface area contributed by atoms with Gasteiger partial charge in [-0.1, -0.05) is 11.6 Å². The summed E-state index contributed by atoms with van der Waals surface area (Å²) in [5, 5.41) is 10.2. The van der Waals surface area contributed by atoms with Crippen molar-refractivity contribution in [2.75, 3.05) is 11.9 Å². The lowest BCUT2D eigenvalue weighted by Crippen LogP contribution is -2.38. The fraction of sp³-hybridized carbons (Fsp3) is 0.500. The maximum Gasteiger partial charge on any atom is 0.416 e. The molecule has 2 aromatic rings. The molecule has 1 amide bonds. The van der Waals surface area contributed by atoms with Crippen LogP contribution in [-0.2, 0) is 13.2 Å². The molecular formula is C18H21ClF3N5O. The second kappa shape index (κ2) is 8.38. The number of halogens is 4. The van der Waals surface area contributed by atoms with E-state index in [-0.39, 0.29) is 16.6 Å². The van der Waals surface area contributed by atoms with E-state index in [1.165, 1.54) is 0 Å². The van der Waals surface area contributed by atoms with Crippen molar-refractivity contribution in [1.29, 1.82) is 0 Å². The SMILES string of the molecule is Cn1cnc(NCC2CCC(NC(=O)c3cc(C(F)(F)F)ccc3Cl)CC2)n1. The maximum atomic E-state index is 12.9. The highest BCUT2D eigenvalue weighted by atomic mass is 35.5. The number of amides is 1. The summed E-state index contributed by atoms with van der Waals surface area (Å²) < 4.78 is 40.2. The summed E-state index contributed by atoms with van der Waals surface area (Å²) >= 11 is 5.93. The minimum absolute atomic E-state index is 0.00578. The molecule has 28 heavy (non-hydrogen) atoms. The van der Waals surface area contributed by atoms with Gasteiger partial charge in [0.25, 0.3) is 5.91 Å². The molecule has 0 spiro atoms. The Bertz CT molecular complexity index is 831. The van der Waals surface area contributed by atoms with Gasteiger partial charge in [0.2, 0.25) is 5.95 Å². The predicted molar refractivity (Wildman–Crippen MR) is 99.2 cm³/mol. The molecule has 1 aliphatic rings. The Morgan fingerprint density at radius 2 is 2.00 bits per heavy atom. The first-order valence-electron chi connectivity index (χ1n) is 8.99. The summed E-state index contributed by atoms with van der Waals surface area (Å²) in [6, 6.07) is 2.69. The highest BCUT2D eigenvalue weighted by Crippen LogP contribution is 2.32. The Labute approximate surface area is 165 Å². The highest BCUT2D eigenvalue weighted by Gasteiger charge is 2.32. The monoisotopic (exact) mass is 415 g/mol. The normalized spacial score (nSPS) is 20.0. The number of carbonyl (C=O) groups excluding carboxylic acids is 1. The topological polar surface area (TPSA) is 71.8 Å². The van der Waals surface area contributed by atoms with E-state index in [1.807, 2.05) is 0 Å². The van der Waals surface area contributed by atoms with Crippen molar-refractivity contribution in [3.8, 4) is 0 Å². The number of hydrogen-bond donors (Lipinski definition) is 2. The van der Waals surface area contributed by atoms with Crippen molar-refractivity contribution in [1.82, 2.24) is 20.1 Å². The molecule has 2 N–H and O–H groups in total. The van der Waals surface area contributed by atoms with E-state index in [4.69, 9.17) is 11.6 Å². The number of aryl methyl sites for hydroxylation is 1. The second-order valence-electron chi connectivity index (χ2n) is 7.01. The van der Waals surface area contributed by atoms with E-state index < -0.39 is 17.6 Å². The molecule has 0 radical (unpaired) electrons. The van der Waals surface area contributed by atoms with Gasteiger partial charge in [-0.25, -0.2) is 4.98 Å². The number of anilines is 1. The molecule has 0 atom stereocenters. The molecule has 1 fully saturated rings. The van der Waals surface area contributed by atoms with Gasteiger partial charge < -0.3 is 10.6 Å². The van der Waals surface area contributed by atoms with E-state index in [2.05, 4.69) is 20.7 Å². The Morgan fingerprint density at radius 3 is 2.61 bits per heavy atom. The van der Waals surface area contributed by atoms with E-state index in [1.54, 1.807) is 18.1 Å². The molecule has 1 heterocycles. The van der Waals surface area contributed by atoms with Gasteiger partial charge in [0.1, 0.15) is 6.33 Å². The van der Waals surface area contributed by atoms with Crippen molar-refractivity contribution in [2.24, 2.45) is 13.0 Å². The quantitative estimate of drug-likeness (QED) is 0.777. The van der Waals surface area contributed by atoms with Crippen LogP contribution in [-0.4, -0.2) is 33.3 Å². The fourth-order valence-corrected chi connectivity index (χ4v) is 3.51. The Hall–Kier alpha value is -2.29. The zero-order valence-corrected chi connectivity index (χ0v) is 16.0. The summed E-state index contributed by atoms with van der Waals surface area (Å²) in [5.74, 6) is 0.432. The molecule has 10 heteroatoms. The fourth-order valence-electron chi connectivity index (χ4n) is 3.31. The van der Waals surface area contributed by atoms with Gasteiger partial charge in [0, 0.05) is 19.6 Å². The van der Waals surface area contributed by atoms with Crippen LogP contribution in [0.4, 0.5) is 19.1 Å². The van der Waals surface area contributed by atoms with Gasteiger partial charge in [-0.15, -0.1) is 5.10 Å². The average Bonchev–Trinajstić information content (AvgIpc) is 3.06. The van der Waals surface area contributed by atoms with Gasteiger partial charge in [0.05, 0.1) is 16.1 Å². The first kappa shape index (κ1) is 20.4. The van der Waals surface area contributed by atoms with Gasteiger partial charge in [-0.05, 0) is 49.8 Å². The number of aromatic nitrogens is 3. The van der Waals surface area contributed by atoms with Crippen molar-refractivity contribution in [2.45, 2.75) is 37.9 Å².